The zero-order valence-electron chi connectivity index (χ0n) is 11.7. The van der Waals surface area contributed by atoms with Crippen LogP contribution in [0, 0.1) is 5.92 Å². The van der Waals surface area contributed by atoms with Gasteiger partial charge in [0.15, 0.2) is 0 Å². The molecule has 1 fully saturated rings. The molecule has 6 heteroatoms. The number of nitrogen functional groups attached to an aromatic ring is 1. The van der Waals surface area contributed by atoms with Gasteiger partial charge < -0.3 is 20.5 Å². The highest BCUT2D eigenvalue weighted by Crippen LogP contribution is 2.19. The zero-order chi connectivity index (χ0) is 15.4. The van der Waals surface area contributed by atoms with Gasteiger partial charge in [0, 0.05) is 18.8 Å². The molecule has 1 amide bonds. The number of hydrogen-bond acceptors (Lipinski definition) is 4. The van der Waals surface area contributed by atoms with Gasteiger partial charge in [-0.3, -0.25) is 9.59 Å². The molecule has 0 aromatic heterocycles. The number of nitrogens with zero attached hydrogens (tertiary/aromatic N) is 1. The van der Waals surface area contributed by atoms with Crippen LogP contribution in [0.4, 0.5) is 5.69 Å². The smallest absolute Gasteiger partial charge is 0.311 e. The molecule has 1 aliphatic rings. The quantitative estimate of drug-likeness (QED) is 0.633. The van der Waals surface area contributed by atoms with Crippen molar-refractivity contribution in [2.45, 2.75) is 6.04 Å². The van der Waals surface area contributed by atoms with E-state index in [9.17, 15) is 9.59 Å². The first-order valence-electron chi connectivity index (χ1n) is 6.60. The van der Waals surface area contributed by atoms with Crippen molar-refractivity contribution in [2.75, 3.05) is 26.0 Å². The normalized spacial score (nSPS) is 21.6. The molecule has 1 aromatic rings. The zero-order valence-corrected chi connectivity index (χ0v) is 11.7. The van der Waals surface area contributed by atoms with Crippen molar-refractivity contribution < 1.29 is 19.4 Å². The van der Waals surface area contributed by atoms with Crippen LogP contribution in [0.5, 0.6) is 0 Å². The van der Waals surface area contributed by atoms with Gasteiger partial charge in [0.05, 0.1) is 19.3 Å². The summed E-state index contributed by atoms with van der Waals surface area (Å²) in [7, 11) is 1.59. The average Bonchev–Trinajstić information content (AvgIpc) is 2.95. The highest BCUT2D eigenvalue weighted by Gasteiger charge is 2.37. The molecule has 2 atom stereocenters. The summed E-state index contributed by atoms with van der Waals surface area (Å²) in [5.41, 5.74) is 7.09. The number of carboxylic acids is 1. The number of rotatable bonds is 4. The first-order valence-corrected chi connectivity index (χ1v) is 6.60. The van der Waals surface area contributed by atoms with Gasteiger partial charge in [0.2, 0.25) is 5.91 Å². The molecule has 1 aromatic carbocycles. The number of likely N-dealkylation sites (N-methyl/N-ethyl adjacent to an activating group) is 1. The van der Waals surface area contributed by atoms with E-state index >= 15 is 0 Å². The third-order valence-electron chi connectivity index (χ3n) is 3.57. The van der Waals surface area contributed by atoms with Gasteiger partial charge >= 0.3 is 5.97 Å². The van der Waals surface area contributed by atoms with Crippen LogP contribution in [-0.4, -0.2) is 48.2 Å². The lowest BCUT2D eigenvalue weighted by Crippen LogP contribution is -2.43. The summed E-state index contributed by atoms with van der Waals surface area (Å²) in [6.07, 6.45) is 3.09. The summed E-state index contributed by atoms with van der Waals surface area (Å²) in [4.78, 5) is 24.6. The van der Waals surface area contributed by atoms with Crippen molar-refractivity contribution in [2.24, 2.45) is 5.92 Å². The minimum absolute atomic E-state index is 0.138. The third kappa shape index (κ3) is 3.61. The van der Waals surface area contributed by atoms with Gasteiger partial charge in [-0.05, 0) is 23.8 Å². The Balaban J connectivity index is 2.02. The number of amides is 1. The number of carboxylic acid groups (broad SMARTS) is 1. The Labute approximate surface area is 122 Å². The van der Waals surface area contributed by atoms with Gasteiger partial charge in [-0.25, -0.2) is 0 Å². The number of carbonyl (C=O) groups excluding carboxylic acids is 1. The van der Waals surface area contributed by atoms with E-state index in [1.807, 2.05) is 0 Å². The van der Waals surface area contributed by atoms with E-state index in [1.165, 1.54) is 11.0 Å². The SMILES string of the molecule is CN(C(=O)/C=C/c1ccc(N)cc1)C1COCC1C(=O)O. The number of benzene rings is 1. The minimum Gasteiger partial charge on any atom is -0.481 e. The number of hydrogen-bond donors (Lipinski definition) is 2. The van der Waals surface area contributed by atoms with Gasteiger partial charge in [0.1, 0.15) is 5.92 Å². The lowest BCUT2D eigenvalue weighted by Gasteiger charge is -2.25. The number of carbonyl (C=O) groups is 2. The maximum atomic E-state index is 12.1. The van der Waals surface area contributed by atoms with Gasteiger partial charge in [-0.2, -0.15) is 0 Å². The first-order chi connectivity index (χ1) is 9.99. The van der Waals surface area contributed by atoms with Crippen molar-refractivity contribution in [1.82, 2.24) is 4.90 Å². The molecule has 1 saturated heterocycles. The molecule has 0 radical (unpaired) electrons. The Bertz CT molecular complexity index is 553. The van der Waals surface area contributed by atoms with Crippen LogP contribution in [0.2, 0.25) is 0 Å². The van der Waals surface area contributed by atoms with Crippen LogP contribution in [0.25, 0.3) is 6.08 Å². The second-order valence-electron chi connectivity index (χ2n) is 5.00. The molecule has 1 aliphatic heterocycles. The van der Waals surface area contributed by atoms with E-state index in [0.29, 0.717) is 5.69 Å². The molecule has 2 unspecified atom stereocenters. The van der Waals surface area contributed by atoms with Gasteiger partial charge in [-0.1, -0.05) is 12.1 Å². The molecule has 0 bridgehead atoms. The fourth-order valence-electron chi connectivity index (χ4n) is 2.22. The maximum Gasteiger partial charge on any atom is 0.311 e. The standard InChI is InChI=1S/C15H18N2O4/c1-17(13-9-21-8-12(13)15(19)20)14(18)7-4-10-2-5-11(16)6-3-10/h2-7,12-13H,8-9,16H2,1H3,(H,19,20)/b7-4+. The highest BCUT2D eigenvalue weighted by molar-refractivity contribution is 5.92. The summed E-state index contributed by atoms with van der Waals surface area (Å²) in [6, 6.07) is 6.67. The molecule has 0 spiro atoms. The van der Waals surface area contributed by atoms with Crippen molar-refractivity contribution in [1.29, 1.82) is 0 Å². The van der Waals surface area contributed by atoms with E-state index < -0.39 is 17.9 Å². The first kappa shape index (κ1) is 15.1. The Morgan fingerprint density at radius 3 is 2.62 bits per heavy atom. The second kappa shape index (κ2) is 6.41. The molecule has 0 saturated carbocycles. The fourth-order valence-corrected chi connectivity index (χ4v) is 2.22. The van der Waals surface area contributed by atoms with Crippen molar-refractivity contribution in [3.8, 4) is 0 Å². The molecule has 6 nitrogen and oxygen atoms in total. The predicted octanol–water partition coefficient (Wildman–Crippen LogP) is 0.840. The average molecular weight is 290 g/mol. The maximum absolute atomic E-state index is 12.1. The number of ether oxygens (including phenoxy) is 1. The van der Waals surface area contributed by atoms with E-state index in [-0.39, 0.29) is 19.1 Å². The molecule has 0 aliphatic carbocycles. The van der Waals surface area contributed by atoms with E-state index in [2.05, 4.69) is 0 Å². The largest absolute Gasteiger partial charge is 0.481 e. The Morgan fingerprint density at radius 1 is 1.33 bits per heavy atom. The number of anilines is 1. The molecule has 3 N–H and O–H groups in total. The van der Waals surface area contributed by atoms with E-state index in [0.717, 1.165) is 5.56 Å². The van der Waals surface area contributed by atoms with Crippen molar-refractivity contribution >= 4 is 23.6 Å². The summed E-state index contributed by atoms with van der Waals surface area (Å²) in [6.45, 7) is 0.383. The molecule has 2 rings (SSSR count). The highest BCUT2D eigenvalue weighted by atomic mass is 16.5. The molecule has 1 heterocycles. The summed E-state index contributed by atoms with van der Waals surface area (Å²) < 4.78 is 5.17. The van der Waals surface area contributed by atoms with E-state index in [1.54, 1.807) is 37.4 Å². The molecular formula is C15H18N2O4. The fraction of sp³-hybridized carbons (Fsp3) is 0.333. The summed E-state index contributed by atoms with van der Waals surface area (Å²) in [5.74, 6) is -1.88. The second-order valence-corrected chi connectivity index (χ2v) is 5.00. The monoisotopic (exact) mass is 290 g/mol. The summed E-state index contributed by atoms with van der Waals surface area (Å²) >= 11 is 0. The van der Waals surface area contributed by atoms with Crippen LogP contribution in [0.3, 0.4) is 0 Å². The van der Waals surface area contributed by atoms with Gasteiger partial charge in [0.25, 0.3) is 0 Å². The Kier molecular flexibility index (Phi) is 4.59. The minimum atomic E-state index is -0.945. The van der Waals surface area contributed by atoms with E-state index in [4.69, 9.17) is 15.6 Å². The Hall–Kier alpha value is -2.34. The predicted molar refractivity (Wildman–Crippen MR) is 78.4 cm³/mol. The third-order valence-corrected chi connectivity index (χ3v) is 3.57. The van der Waals surface area contributed by atoms with Crippen LogP contribution >= 0.6 is 0 Å². The van der Waals surface area contributed by atoms with Crippen molar-refractivity contribution in [3.05, 3.63) is 35.9 Å². The molecule has 21 heavy (non-hydrogen) atoms. The van der Waals surface area contributed by atoms with Crippen molar-refractivity contribution in [3.63, 3.8) is 0 Å². The molecular weight excluding hydrogens is 272 g/mol. The van der Waals surface area contributed by atoms with Crippen LogP contribution in [0.15, 0.2) is 30.3 Å². The number of aliphatic carboxylic acids is 1. The van der Waals surface area contributed by atoms with Crippen LogP contribution < -0.4 is 5.73 Å². The summed E-state index contributed by atoms with van der Waals surface area (Å²) in [5, 5.41) is 9.10. The lowest BCUT2D eigenvalue weighted by atomic mass is 10.0. The van der Waals surface area contributed by atoms with Gasteiger partial charge in [-0.15, -0.1) is 0 Å². The Morgan fingerprint density at radius 2 is 2.00 bits per heavy atom. The number of nitrogens with two attached hydrogens (primary N) is 1. The van der Waals surface area contributed by atoms with Crippen LogP contribution in [0.1, 0.15) is 5.56 Å². The molecule has 112 valence electrons. The lowest BCUT2D eigenvalue weighted by molar-refractivity contribution is -0.143. The van der Waals surface area contributed by atoms with Crippen LogP contribution in [-0.2, 0) is 14.3 Å². The topological polar surface area (TPSA) is 92.9 Å².